The van der Waals surface area contributed by atoms with E-state index in [0.29, 0.717) is 0 Å². The van der Waals surface area contributed by atoms with Crippen LogP contribution in [0.25, 0.3) is 22.0 Å². The van der Waals surface area contributed by atoms with Gasteiger partial charge in [-0.2, -0.15) is 5.10 Å². The first kappa shape index (κ1) is 16.7. The average molecular weight is 370 g/mol. The Kier molecular flexibility index (Phi) is 3.97. The van der Waals surface area contributed by atoms with Crippen molar-refractivity contribution in [1.29, 1.82) is 0 Å². The highest BCUT2D eigenvalue weighted by atomic mass is 15.2. The van der Waals surface area contributed by atoms with Gasteiger partial charge in [-0.05, 0) is 59.9 Å². The Labute approximate surface area is 163 Å². The molecule has 0 radical (unpaired) electrons. The number of aromatic amines is 1. The minimum absolute atomic E-state index is 0.853. The number of anilines is 2. The van der Waals surface area contributed by atoms with E-state index >= 15 is 0 Å². The molecule has 0 bridgehead atoms. The lowest BCUT2D eigenvalue weighted by Crippen LogP contribution is -2.31. The van der Waals surface area contributed by atoms with E-state index in [1.807, 2.05) is 19.4 Å². The number of nitrogens with zero attached hydrogens (tertiary/aromatic N) is 4. The fraction of sp³-hybridized carbons (Fsp3) is 0.227. The Bertz CT molecular complexity index is 1150. The third kappa shape index (κ3) is 2.78. The van der Waals surface area contributed by atoms with Crippen LogP contribution in [0.5, 0.6) is 0 Å². The van der Waals surface area contributed by atoms with Crippen LogP contribution in [-0.2, 0) is 13.0 Å². The normalized spacial score (nSPS) is 13.6. The second-order valence-corrected chi connectivity index (χ2v) is 7.28. The minimum atomic E-state index is 0.853. The molecule has 2 N–H and O–H groups in total. The van der Waals surface area contributed by atoms with Gasteiger partial charge < -0.3 is 10.2 Å². The van der Waals surface area contributed by atoms with E-state index in [9.17, 15) is 0 Å². The zero-order valence-electron chi connectivity index (χ0n) is 16.0. The zero-order valence-corrected chi connectivity index (χ0v) is 16.0. The third-order valence-electron chi connectivity index (χ3n) is 5.55. The van der Waals surface area contributed by atoms with E-state index in [1.165, 1.54) is 11.1 Å². The molecule has 0 spiro atoms. The number of hydrogen-bond donors (Lipinski definition) is 2. The first-order valence-electron chi connectivity index (χ1n) is 9.52. The molecule has 2 aromatic carbocycles. The van der Waals surface area contributed by atoms with Gasteiger partial charge in [0.15, 0.2) is 0 Å². The van der Waals surface area contributed by atoms with Crippen molar-refractivity contribution in [2.75, 3.05) is 23.8 Å². The second kappa shape index (κ2) is 6.64. The summed E-state index contributed by atoms with van der Waals surface area (Å²) in [7, 11) is 1.96. The number of nitrogens with one attached hydrogen (secondary N) is 2. The molecule has 3 heterocycles. The van der Waals surface area contributed by atoms with Crippen LogP contribution >= 0.6 is 0 Å². The summed E-state index contributed by atoms with van der Waals surface area (Å²) in [5.74, 6) is 0.999. The molecule has 6 heteroatoms. The monoisotopic (exact) mass is 370 g/mol. The molecule has 140 valence electrons. The third-order valence-corrected chi connectivity index (χ3v) is 5.55. The predicted octanol–water partition coefficient (Wildman–Crippen LogP) is 3.93. The Morgan fingerprint density at radius 1 is 1.07 bits per heavy atom. The number of aromatic nitrogens is 4. The van der Waals surface area contributed by atoms with Crippen molar-refractivity contribution in [3.8, 4) is 11.1 Å². The van der Waals surface area contributed by atoms with Gasteiger partial charge in [-0.25, -0.2) is 9.97 Å². The lowest BCUT2D eigenvalue weighted by atomic mass is 9.98. The van der Waals surface area contributed by atoms with E-state index in [-0.39, 0.29) is 0 Å². The minimum Gasteiger partial charge on any atom is -0.388 e. The fourth-order valence-electron chi connectivity index (χ4n) is 4.05. The molecule has 0 aliphatic carbocycles. The lowest BCUT2D eigenvalue weighted by molar-refractivity contribution is 0.723. The van der Waals surface area contributed by atoms with Crippen LogP contribution in [0.15, 0.2) is 49.1 Å². The average Bonchev–Trinajstić information content (AvgIpc) is 3.27. The largest absolute Gasteiger partial charge is 0.388 e. The highest BCUT2D eigenvalue weighted by molar-refractivity contribution is 5.95. The smallest absolute Gasteiger partial charge is 0.140 e. The van der Waals surface area contributed by atoms with E-state index in [4.69, 9.17) is 0 Å². The summed E-state index contributed by atoms with van der Waals surface area (Å²) in [6.45, 7) is 3.91. The van der Waals surface area contributed by atoms with Gasteiger partial charge in [-0.3, -0.25) is 5.10 Å². The number of hydrogen-bond acceptors (Lipinski definition) is 5. The van der Waals surface area contributed by atoms with Gasteiger partial charge in [0.25, 0.3) is 0 Å². The van der Waals surface area contributed by atoms with Gasteiger partial charge in [0, 0.05) is 43.0 Å². The number of rotatable bonds is 3. The summed E-state index contributed by atoms with van der Waals surface area (Å²) in [6.07, 6.45) is 6.47. The standard InChI is InChI=1S/C22H22N6/c1-14-7-16(18-10-26-27-11-18)9-20-21(14)24-13-25-22(20)28-6-5-15-3-4-19(23-2)8-17(15)12-28/h3-4,7-11,13,23H,5-6,12H2,1-2H3,(H,26,27). The molecular formula is C22H22N6. The van der Waals surface area contributed by atoms with Gasteiger partial charge in [-0.1, -0.05) is 6.07 Å². The molecule has 0 saturated heterocycles. The molecule has 0 amide bonds. The van der Waals surface area contributed by atoms with Crippen LogP contribution in [0.2, 0.25) is 0 Å². The Morgan fingerprint density at radius 2 is 2.00 bits per heavy atom. The van der Waals surface area contributed by atoms with Crippen LogP contribution in [0.3, 0.4) is 0 Å². The maximum Gasteiger partial charge on any atom is 0.140 e. The summed E-state index contributed by atoms with van der Waals surface area (Å²) >= 11 is 0. The molecule has 28 heavy (non-hydrogen) atoms. The van der Waals surface area contributed by atoms with E-state index in [0.717, 1.165) is 58.6 Å². The van der Waals surface area contributed by atoms with Crippen molar-refractivity contribution in [2.45, 2.75) is 19.9 Å². The van der Waals surface area contributed by atoms with Crippen molar-refractivity contribution < 1.29 is 0 Å². The first-order chi connectivity index (χ1) is 13.7. The van der Waals surface area contributed by atoms with Crippen molar-refractivity contribution in [1.82, 2.24) is 20.2 Å². The summed E-state index contributed by atoms with van der Waals surface area (Å²) in [6, 6.07) is 11.0. The molecule has 4 aromatic rings. The summed E-state index contributed by atoms with van der Waals surface area (Å²) in [4.78, 5) is 11.6. The number of H-pyrrole nitrogens is 1. The molecule has 0 fully saturated rings. The molecule has 1 aliphatic rings. The molecule has 0 atom stereocenters. The van der Waals surface area contributed by atoms with Crippen LogP contribution in [-0.4, -0.2) is 33.8 Å². The van der Waals surface area contributed by atoms with E-state index < -0.39 is 0 Å². The maximum absolute atomic E-state index is 4.69. The van der Waals surface area contributed by atoms with Crippen molar-refractivity contribution in [2.24, 2.45) is 0 Å². The molecule has 2 aromatic heterocycles. The number of benzene rings is 2. The lowest BCUT2D eigenvalue weighted by Gasteiger charge is -2.31. The van der Waals surface area contributed by atoms with Crippen molar-refractivity contribution in [3.05, 3.63) is 65.7 Å². The fourth-order valence-corrected chi connectivity index (χ4v) is 4.05. The van der Waals surface area contributed by atoms with Crippen LogP contribution in [0, 0.1) is 6.92 Å². The van der Waals surface area contributed by atoms with Crippen LogP contribution in [0.1, 0.15) is 16.7 Å². The topological polar surface area (TPSA) is 69.7 Å². The molecule has 0 unspecified atom stereocenters. The van der Waals surface area contributed by atoms with Gasteiger partial charge >= 0.3 is 0 Å². The van der Waals surface area contributed by atoms with Crippen LogP contribution < -0.4 is 10.2 Å². The Hall–Kier alpha value is -3.41. The van der Waals surface area contributed by atoms with Gasteiger partial charge in [0.05, 0.1) is 11.7 Å². The van der Waals surface area contributed by atoms with E-state index in [2.05, 4.69) is 67.6 Å². The number of fused-ring (bicyclic) bond motifs is 2. The molecule has 6 nitrogen and oxygen atoms in total. The maximum atomic E-state index is 4.69. The summed E-state index contributed by atoms with van der Waals surface area (Å²) < 4.78 is 0. The molecule has 5 rings (SSSR count). The SMILES string of the molecule is CNc1ccc2c(c1)CN(c1ncnc3c(C)cc(-c4cn[nH]c4)cc13)CC2. The first-order valence-corrected chi connectivity index (χ1v) is 9.52. The summed E-state index contributed by atoms with van der Waals surface area (Å²) in [5.41, 5.74) is 8.27. The quantitative estimate of drug-likeness (QED) is 0.572. The zero-order chi connectivity index (χ0) is 19.1. The number of aryl methyl sites for hydroxylation is 1. The molecule has 0 saturated carbocycles. The van der Waals surface area contributed by atoms with Gasteiger partial charge in [-0.15, -0.1) is 0 Å². The highest BCUT2D eigenvalue weighted by Gasteiger charge is 2.20. The van der Waals surface area contributed by atoms with Crippen LogP contribution in [0.4, 0.5) is 11.5 Å². The highest BCUT2D eigenvalue weighted by Crippen LogP contribution is 2.33. The Morgan fingerprint density at radius 3 is 2.82 bits per heavy atom. The van der Waals surface area contributed by atoms with E-state index in [1.54, 1.807) is 6.33 Å². The van der Waals surface area contributed by atoms with Gasteiger partial charge in [0.1, 0.15) is 12.1 Å². The van der Waals surface area contributed by atoms with Crippen molar-refractivity contribution >= 4 is 22.4 Å². The van der Waals surface area contributed by atoms with Crippen molar-refractivity contribution in [3.63, 3.8) is 0 Å². The Balaban J connectivity index is 1.61. The summed E-state index contributed by atoms with van der Waals surface area (Å²) in [5, 5.41) is 11.3. The van der Waals surface area contributed by atoms with Gasteiger partial charge in [0.2, 0.25) is 0 Å². The predicted molar refractivity (Wildman–Crippen MR) is 113 cm³/mol. The molecular weight excluding hydrogens is 348 g/mol. The molecule has 1 aliphatic heterocycles. The second-order valence-electron chi connectivity index (χ2n) is 7.28.